The molecule has 0 spiro atoms. The van der Waals surface area contributed by atoms with Crippen LogP contribution in [0.1, 0.15) is 19.8 Å². The third kappa shape index (κ3) is 7.01. The summed E-state index contributed by atoms with van der Waals surface area (Å²) in [5.74, 6) is -0.381. The standard InChI is InChI=1S/C7H15N3O2/c1-5(8)10-3-2-6(9)4-7(11)12/h6H,2-4,9H2,1H3,(H2,8,10)(H,11,12)/t6-/m0/s1. The fraction of sp³-hybridized carbons (Fsp3) is 0.714. The van der Waals surface area contributed by atoms with E-state index in [1.54, 1.807) is 6.92 Å². The molecule has 0 saturated heterocycles. The van der Waals surface area contributed by atoms with E-state index in [-0.39, 0.29) is 12.5 Å². The molecule has 0 bridgehead atoms. The van der Waals surface area contributed by atoms with Gasteiger partial charge < -0.3 is 16.6 Å². The molecule has 1 atom stereocenters. The first-order valence-electron chi connectivity index (χ1n) is 3.76. The number of hydrogen-bond donors (Lipinski definition) is 3. The molecule has 0 saturated carbocycles. The van der Waals surface area contributed by atoms with E-state index in [0.717, 1.165) is 0 Å². The van der Waals surface area contributed by atoms with Gasteiger partial charge in [-0.15, -0.1) is 0 Å². The number of hydrogen-bond acceptors (Lipinski definition) is 3. The van der Waals surface area contributed by atoms with Crippen LogP contribution in [0.2, 0.25) is 0 Å². The molecule has 0 unspecified atom stereocenters. The lowest BCUT2D eigenvalue weighted by Gasteiger charge is -2.05. The van der Waals surface area contributed by atoms with E-state index in [2.05, 4.69) is 4.99 Å². The van der Waals surface area contributed by atoms with Gasteiger partial charge in [-0.3, -0.25) is 9.79 Å². The second kappa shape index (κ2) is 5.54. The van der Waals surface area contributed by atoms with E-state index < -0.39 is 5.97 Å². The summed E-state index contributed by atoms with van der Waals surface area (Å²) < 4.78 is 0. The first-order chi connectivity index (χ1) is 5.52. The van der Waals surface area contributed by atoms with Gasteiger partial charge in [0.05, 0.1) is 12.3 Å². The highest BCUT2D eigenvalue weighted by Crippen LogP contribution is 1.94. The minimum absolute atomic E-state index is 0.0147. The Kier molecular flexibility index (Phi) is 5.03. The summed E-state index contributed by atoms with van der Waals surface area (Å²) >= 11 is 0. The van der Waals surface area contributed by atoms with Gasteiger partial charge in [0.15, 0.2) is 0 Å². The molecule has 5 nitrogen and oxygen atoms in total. The molecule has 70 valence electrons. The highest BCUT2D eigenvalue weighted by Gasteiger charge is 2.06. The zero-order chi connectivity index (χ0) is 9.56. The lowest BCUT2D eigenvalue weighted by Crippen LogP contribution is -2.24. The van der Waals surface area contributed by atoms with Gasteiger partial charge in [0.25, 0.3) is 0 Å². The summed E-state index contributed by atoms with van der Waals surface area (Å²) in [7, 11) is 0. The van der Waals surface area contributed by atoms with Crippen molar-refractivity contribution in [1.82, 2.24) is 0 Å². The largest absolute Gasteiger partial charge is 0.481 e. The van der Waals surface area contributed by atoms with Crippen molar-refractivity contribution < 1.29 is 9.90 Å². The molecular weight excluding hydrogens is 158 g/mol. The third-order valence-electron chi connectivity index (χ3n) is 1.30. The van der Waals surface area contributed by atoms with Crippen LogP contribution in [-0.2, 0) is 4.79 Å². The number of amidine groups is 1. The number of aliphatic carboxylic acids is 1. The van der Waals surface area contributed by atoms with Gasteiger partial charge in [-0.2, -0.15) is 0 Å². The van der Waals surface area contributed by atoms with Gasteiger partial charge in [-0.25, -0.2) is 0 Å². The molecule has 0 aliphatic heterocycles. The lowest BCUT2D eigenvalue weighted by atomic mass is 10.1. The van der Waals surface area contributed by atoms with E-state index in [0.29, 0.717) is 18.8 Å². The summed E-state index contributed by atoms with van der Waals surface area (Å²) in [6.07, 6.45) is 0.542. The maximum Gasteiger partial charge on any atom is 0.304 e. The summed E-state index contributed by atoms with van der Waals surface area (Å²) in [5, 5.41) is 8.35. The van der Waals surface area contributed by atoms with Crippen molar-refractivity contribution in [2.75, 3.05) is 6.54 Å². The van der Waals surface area contributed by atoms with Crippen LogP contribution in [-0.4, -0.2) is 29.5 Å². The van der Waals surface area contributed by atoms with Gasteiger partial charge in [-0.05, 0) is 13.3 Å². The summed E-state index contributed by atoms with van der Waals surface area (Å²) in [5.41, 5.74) is 10.7. The van der Waals surface area contributed by atoms with Crippen LogP contribution < -0.4 is 11.5 Å². The molecule has 0 amide bonds. The minimum atomic E-state index is -0.879. The van der Waals surface area contributed by atoms with E-state index in [1.807, 2.05) is 0 Å². The molecule has 12 heavy (non-hydrogen) atoms. The number of rotatable bonds is 5. The molecule has 0 aromatic rings. The van der Waals surface area contributed by atoms with Crippen molar-refractivity contribution >= 4 is 11.8 Å². The molecular formula is C7H15N3O2. The molecule has 0 rings (SSSR count). The van der Waals surface area contributed by atoms with Crippen LogP contribution >= 0.6 is 0 Å². The predicted octanol–water partition coefficient (Wildman–Crippen LogP) is -0.444. The normalized spacial score (nSPS) is 14.3. The molecule has 0 aromatic carbocycles. The number of carboxylic acids is 1. The number of nitrogens with zero attached hydrogens (tertiary/aromatic N) is 1. The van der Waals surface area contributed by atoms with Crippen molar-refractivity contribution in [2.24, 2.45) is 16.5 Å². The van der Waals surface area contributed by atoms with Gasteiger partial charge in [0.2, 0.25) is 0 Å². The fourth-order valence-electron chi connectivity index (χ4n) is 0.733. The maximum absolute atomic E-state index is 10.2. The van der Waals surface area contributed by atoms with Gasteiger partial charge >= 0.3 is 5.97 Å². The Bertz CT molecular complexity index is 175. The molecule has 0 aromatic heterocycles. The summed E-state index contributed by atoms with van der Waals surface area (Å²) in [4.78, 5) is 14.1. The van der Waals surface area contributed by atoms with E-state index in [1.165, 1.54) is 0 Å². The highest BCUT2D eigenvalue weighted by atomic mass is 16.4. The second-order valence-corrected chi connectivity index (χ2v) is 2.67. The highest BCUT2D eigenvalue weighted by molar-refractivity contribution is 5.77. The van der Waals surface area contributed by atoms with Crippen molar-refractivity contribution in [1.29, 1.82) is 0 Å². The number of carbonyl (C=O) groups is 1. The van der Waals surface area contributed by atoms with Crippen molar-refractivity contribution in [2.45, 2.75) is 25.8 Å². The van der Waals surface area contributed by atoms with Gasteiger partial charge in [0.1, 0.15) is 0 Å². The van der Waals surface area contributed by atoms with Crippen LogP contribution in [0.3, 0.4) is 0 Å². The zero-order valence-electron chi connectivity index (χ0n) is 7.16. The molecule has 0 aliphatic rings. The Balaban J connectivity index is 3.50. The van der Waals surface area contributed by atoms with Crippen molar-refractivity contribution in [3.63, 3.8) is 0 Å². The topological polar surface area (TPSA) is 102 Å². The molecule has 0 fully saturated rings. The monoisotopic (exact) mass is 173 g/mol. The van der Waals surface area contributed by atoms with Gasteiger partial charge in [-0.1, -0.05) is 0 Å². The summed E-state index contributed by atoms with van der Waals surface area (Å²) in [6, 6.07) is -0.328. The van der Waals surface area contributed by atoms with Crippen LogP contribution in [0.5, 0.6) is 0 Å². The fourth-order valence-corrected chi connectivity index (χ4v) is 0.733. The van der Waals surface area contributed by atoms with Crippen LogP contribution in [0, 0.1) is 0 Å². The van der Waals surface area contributed by atoms with E-state index in [9.17, 15) is 4.79 Å². The molecule has 5 N–H and O–H groups in total. The average molecular weight is 173 g/mol. The quantitative estimate of drug-likeness (QED) is 0.387. The molecule has 0 aliphatic carbocycles. The van der Waals surface area contributed by atoms with Crippen LogP contribution in [0.25, 0.3) is 0 Å². The number of carboxylic acid groups (broad SMARTS) is 1. The molecule has 0 heterocycles. The van der Waals surface area contributed by atoms with E-state index in [4.69, 9.17) is 16.6 Å². The van der Waals surface area contributed by atoms with Gasteiger partial charge in [0, 0.05) is 12.6 Å². The van der Waals surface area contributed by atoms with Crippen molar-refractivity contribution in [3.8, 4) is 0 Å². The lowest BCUT2D eigenvalue weighted by molar-refractivity contribution is -0.137. The zero-order valence-corrected chi connectivity index (χ0v) is 7.16. The molecule has 5 heteroatoms. The third-order valence-corrected chi connectivity index (χ3v) is 1.30. The molecule has 0 radical (unpaired) electrons. The first kappa shape index (κ1) is 10.9. The van der Waals surface area contributed by atoms with E-state index >= 15 is 0 Å². The maximum atomic E-state index is 10.2. The predicted molar refractivity (Wildman–Crippen MR) is 47.0 cm³/mol. The first-order valence-corrected chi connectivity index (χ1v) is 3.76. The number of aliphatic imine (C=N–C) groups is 1. The van der Waals surface area contributed by atoms with Crippen molar-refractivity contribution in [3.05, 3.63) is 0 Å². The smallest absolute Gasteiger partial charge is 0.304 e. The average Bonchev–Trinajstić information content (AvgIpc) is 1.84. The SMILES string of the molecule is CC(N)=NCC[C@H](N)CC(=O)O. The second-order valence-electron chi connectivity index (χ2n) is 2.67. The van der Waals surface area contributed by atoms with Crippen LogP contribution in [0.4, 0.5) is 0 Å². The Morgan fingerprint density at radius 1 is 1.67 bits per heavy atom. The number of nitrogens with two attached hydrogens (primary N) is 2. The summed E-state index contributed by atoms with van der Waals surface area (Å²) in [6.45, 7) is 2.18. The van der Waals surface area contributed by atoms with Crippen LogP contribution in [0.15, 0.2) is 4.99 Å². The Morgan fingerprint density at radius 3 is 2.67 bits per heavy atom. The Labute approximate surface area is 71.5 Å². The Morgan fingerprint density at radius 2 is 2.25 bits per heavy atom. The minimum Gasteiger partial charge on any atom is -0.481 e. The Hall–Kier alpha value is -1.10.